The van der Waals surface area contributed by atoms with Crippen molar-refractivity contribution >= 4 is 34.3 Å². The third kappa shape index (κ3) is 5.17. The third-order valence-corrected chi connectivity index (χ3v) is 8.56. The van der Waals surface area contributed by atoms with E-state index in [2.05, 4.69) is 114 Å². The van der Waals surface area contributed by atoms with Crippen molar-refractivity contribution in [2.45, 2.75) is 40.0 Å². The topological polar surface area (TPSA) is 25.4 Å². The Bertz CT molecular complexity index is 1840. The van der Waals surface area contributed by atoms with Crippen molar-refractivity contribution in [2.75, 3.05) is 18.6 Å². The van der Waals surface area contributed by atoms with Gasteiger partial charge in [0.1, 0.15) is 5.82 Å². The number of para-hydroxylation sites is 1. The van der Waals surface area contributed by atoms with E-state index < -0.39 is 0 Å². The molecule has 1 saturated heterocycles. The van der Waals surface area contributed by atoms with Gasteiger partial charge in [-0.1, -0.05) is 56.8 Å². The zero-order chi connectivity index (χ0) is 30.0. The van der Waals surface area contributed by atoms with Gasteiger partial charge in [-0.2, -0.15) is 6.07 Å². The molecular weight excluding hydrogens is 724 g/mol. The van der Waals surface area contributed by atoms with Crippen molar-refractivity contribution in [3.8, 4) is 11.5 Å². The van der Waals surface area contributed by atoms with Gasteiger partial charge < -0.3 is 18.6 Å². The number of hydrogen-bond donors (Lipinski definition) is 0. The standard InChI is InChI=1S/C38H37N4O.Pt/c1-27-15-16-35-36(19-27)41(6)25-42(35,26-41)32-21-29(38(3,4)5)22-34(24-32)43-33-14-10-13-31(23-33)40(30-11-8-7-9-12-30)37-20-28(2)17-18-39-37;/h7-22,25H,26H2,1-6H3;/q-1;/t41-,42+;/m0./s1. The molecule has 8 rings (SSSR count). The normalized spacial score (nSPS) is 19.9. The second kappa shape index (κ2) is 11.0. The number of aromatic nitrogens is 1. The number of benzene rings is 4. The number of rotatable bonds is 6. The van der Waals surface area contributed by atoms with Gasteiger partial charge in [0, 0.05) is 62.3 Å². The van der Waals surface area contributed by atoms with Crippen molar-refractivity contribution in [1.29, 1.82) is 0 Å². The number of pyridine rings is 1. The molecule has 3 aliphatic heterocycles. The Balaban J connectivity index is 0.00000343. The molecule has 1 fully saturated rings. The van der Waals surface area contributed by atoms with Crippen LogP contribution < -0.4 is 18.6 Å². The Kier molecular flexibility index (Phi) is 7.56. The van der Waals surface area contributed by atoms with Gasteiger partial charge in [0.2, 0.25) is 0 Å². The second-order valence-electron chi connectivity index (χ2n) is 13.1. The van der Waals surface area contributed by atoms with Gasteiger partial charge in [0.15, 0.2) is 18.0 Å². The summed E-state index contributed by atoms with van der Waals surface area (Å²) < 4.78 is 8.12. The van der Waals surface area contributed by atoms with E-state index in [9.17, 15) is 0 Å². The quantitative estimate of drug-likeness (QED) is 0.127. The van der Waals surface area contributed by atoms with Crippen LogP contribution in [0.1, 0.15) is 37.5 Å². The Morgan fingerprint density at radius 1 is 0.818 bits per heavy atom. The van der Waals surface area contributed by atoms with Crippen LogP contribution in [-0.4, -0.2) is 18.7 Å². The molecule has 4 heterocycles. The summed E-state index contributed by atoms with van der Waals surface area (Å²) in [7, 11) is 2.29. The summed E-state index contributed by atoms with van der Waals surface area (Å²) in [6.45, 7) is 14.3. The maximum atomic E-state index is 6.61. The van der Waals surface area contributed by atoms with Crippen LogP contribution in [-0.2, 0) is 26.5 Å². The van der Waals surface area contributed by atoms with E-state index in [-0.39, 0.29) is 26.5 Å². The molecule has 0 spiro atoms. The fraction of sp³-hybridized carbons (Fsp3) is 0.211. The predicted molar refractivity (Wildman–Crippen MR) is 176 cm³/mol. The zero-order valence-corrected chi connectivity index (χ0v) is 28.3. The minimum absolute atomic E-state index is 0. The van der Waals surface area contributed by atoms with E-state index in [0.29, 0.717) is 16.0 Å². The summed E-state index contributed by atoms with van der Waals surface area (Å²) in [4.78, 5) is 6.80. The van der Waals surface area contributed by atoms with Gasteiger partial charge in [-0.3, -0.25) is 0 Å². The van der Waals surface area contributed by atoms with Crippen molar-refractivity contribution < 1.29 is 25.8 Å². The van der Waals surface area contributed by atoms with Gasteiger partial charge in [-0.25, -0.2) is 4.98 Å². The first-order valence-corrected chi connectivity index (χ1v) is 14.8. The number of hydrogen-bond acceptors (Lipinski definition) is 3. The Morgan fingerprint density at radius 2 is 1.57 bits per heavy atom. The predicted octanol–water partition coefficient (Wildman–Crippen LogP) is 9.54. The van der Waals surface area contributed by atoms with Crippen molar-refractivity contribution in [3.63, 3.8) is 0 Å². The Hall–Kier alpha value is -3.76. The summed E-state index contributed by atoms with van der Waals surface area (Å²) in [6, 6.07) is 38.8. The van der Waals surface area contributed by atoms with Crippen molar-refractivity contribution in [1.82, 2.24) is 14.0 Å². The molecule has 0 saturated carbocycles. The fourth-order valence-electron chi connectivity index (χ4n) is 6.39. The molecule has 0 N–H and O–H groups in total. The largest absolute Gasteiger partial charge is 0.509 e. The molecule has 0 amide bonds. The third-order valence-electron chi connectivity index (χ3n) is 8.56. The Morgan fingerprint density at radius 3 is 2.30 bits per heavy atom. The molecule has 2 atom stereocenters. The summed E-state index contributed by atoms with van der Waals surface area (Å²) in [5, 5.41) is 0. The van der Waals surface area contributed by atoms with E-state index in [1.807, 2.05) is 48.7 Å². The summed E-state index contributed by atoms with van der Waals surface area (Å²) in [6.07, 6.45) is 1.84. The molecule has 44 heavy (non-hydrogen) atoms. The van der Waals surface area contributed by atoms with E-state index in [4.69, 9.17) is 9.72 Å². The maximum absolute atomic E-state index is 6.61. The number of ether oxygens (including phenoxy) is 1. The monoisotopic (exact) mass is 760 g/mol. The maximum Gasteiger partial charge on any atom is 0.179 e. The molecule has 1 aromatic heterocycles. The average Bonchev–Trinajstić information content (AvgIpc) is 3.35. The van der Waals surface area contributed by atoms with Crippen LogP contribution in [0.4, 0.5) is 34.3 Å². The van der Waals surface area contributed by atoms with E-state index in [1.165, 1.54) is 22.5 Å². The SMILES string of the molecule is Cc1ccnc(N(c2[c-]c(Oc3[c-]c([N@@+]45[CH-][N@@+](C)(C4)c4cc(C)ccc45)cc(C(C)(C)C)c3)ccc2)c2ccccc2)c1.[Pt]. The number of quaternary nitrogens is 2. The summed E-state index contributed by atoms with van der Waals surface area (Å²) in [5.41, 5.74) is 9.22. The second-order valence-corrected chi connectivity index (χ2v) is 13.1. The van der Waals surface area contributed by atoms with Gasteiger partial charge >= 0.3 is 0 Å². The minimum Gasteiger partial charge on any atom is -0.509 e. The van der Waals surface area contributed by atoms with Gasteiger partial charge in [0.05, 0.1) is 13.7 Å². The van der Waals surface area contributed by atoms with E-state index >= 15 is 0 Å². The molecule has 2 bridgehead atoms. The van der Waals surface area contributed by atoms with E-state index in [1.54, 1.807) is 0 Å². The number of anilines is 3. The van der Waals surface area contributed by atoms with Crippen LogP contribution in [0.5, 0.6) is 11.5 Å². The molecule has 5 aromatic rings. The Labute approximate surface area is 275 Å². The van der Waals surface area contributed by atoms with E-state index in [0.717, 1.165) is 39.6 Å². The van der Waals surface area contributed by atoms with Gasteiger partial charge in [-0.05, 0) is 54.7 Å². The van der Waals surface area contributed by atoms with Crippen LogP contribution in [0, 0.1) is 32.6 Å². The molecule has 6 heteroatoms. The van der Waals surface area contributed by atoms with Gasteiger partial charge in [0.25, 0.3) is 0 Å². The summed E-state index contributed by atoms with van der Waals surface area (Å²) >= 11 is 0. The molecule has 0 radical (unpaired) electrons. The smallest absolute Gasteiger partial charge is 0.179 e. The van der Waals surface area contributed by atoms with Crippen molar-refractivity contribution in [2.24, 2.45) is 0 Å². The van der Waals surface area contributed by atoms with Crippen LogP contribution in [0.25, 0.3) is 0 Å². The molecule has 226 valence electrons. The average molecular weight is 761 g/mol. The molecule has 0 unspecified atom stereocenters. The van der Waals surface area contributed by atoms with Crippen molar-refractivity contribution in [3.05, 3.63) is 133 Å². The molecular formula is C38H37N4OPt-. The van der Waals surface area contributed by atoms with Gasteiger partial charge in [-0.15, -0.1) is 35.9 Å². The first-order valence-electron chi connectivity index (χ1n) is 14.8. The minimum atomic E-state index is -0.0638. The first kappa shape index (κ1) is 30.3. The van der Waals surface area contributed by atoms with Crippen LogP contribution >= 0.6 is 0 Å². The first-order chi connectivity index (χ1) is 20.5. The van der Waals surface area contributed by atoms with Crippen LogP contribution in [0.2, 0.25) is 0 Å². The van der Waals surface area contributed by atoms with Crippen LogP contribution in [0.15, 0.2) is 97.2 Å². The molecule has 5 nitrogen and oxygen atoms in total. The molecule has 0 aliphatic carbocycles. The fourth-order valence-corrected chi connectivity index (χ4v) is 6.39. The summed E-state index contributed by atoms with van der Waals surface area (Å²) in [5.74, 6) is 2.15. The molecule has 3 aliphatic rings. The molecule has 4 aromatic carbocycles. The number of nitrogens with zero attached hydrogens (tertiary/aromatic N) is 4. The number of aryl methyl sites for hydroxylation is 2. The zero-order valence-electron chi connectivity index (χ0n) is 26.0. The van der Waals surface area contributed by atoms with Crippen LogP contribution in [0.3, 0.4) is 0 Å².